The van der Waals surface area contributed by atoms with Crippen LogP contribution in [0.15, 0.2) is 77.4 Å². The van der Waals surface area contributed by atoms with Gasteiger partial charge in [0, 0.05) is 48.3 Å². The van der Waals surface area contributed by atoms with Gasteiger partial charge in [-0.15, -0.1) is 0 Å². The third-order valence-corrected chi connectivity index (χ3v) is 7.63. The van der Waals surface area contributed by atoms with Crippen molar-refractivity contribution in [2.45, 2.75) is 12.8 Å². The quantitative estimate of drug-likeness (QED) is 0.568. The van der Waals surface area contributed by atoms with Crippen LogP contribution in [0.1, 0.15) is 18.4 Å². The molecule has 3 aromatic rings. The highest BCUT2D eigenvalue weighted by atomic mass is 32.2. The number of aromatic nitrogens is 2. The molecule has 2 aromatic carbocycles. The molecule has 1 aromatic heterocycles. The predicted octanol–water partition coefficient (Wildman–Crippen LogP) is 4.72. The molecule has 1 saturated heterocycles. The molecule has 0 aliphatic carbocycles. The maximum absolute atomic E-state index is 12.9. The summed E-state index contributed by atoms with van der Waals surface area (Å²) in [4.78, 5) is 30.9. The summed E-state index contributed by atoms with van der Waals surface area (Å²) < 4.78 is 0. The van der Waals surface area contributed by atoms with E-state index in [4.69, 9.17) is 0 Å². The van der Waals surface area contributed by atoms with Crippen LogP contribution >= 0.6 is 11.8 Å². The molecule has 1 amide bonds. The van der Waals surface area contributed by atoms with Crippen LogP contribution in [0.3, 0.4) is 0 Å². The minimum Gasteiger partial charge on any atom is -0.356 e. The second-order valence-corrected chi connectivity index (χ2v) is 9.73. The lowest BCUT2D eigenvalue weighted by molar-refractivity contribution is -0.120. The average Bonchev–Trinajstić information content (AvgIpc) is 3.54. The number of carbonyl (C=O) groups excluding carboxylic acids is 1. The van der Waals surface area contributed by atoms with Gasteiger partial charge in [0.25, 0.3) is 0 Å². The minimum atomic E-state index is -0.00123. The molecule has 0 spiro atoms. The van der Waals surface area contributed by atoms with Gasteiger partial charge in [0.15, 0.2) is 5.17 Å². The van der Waals surface area contributed by atoms with Gasteiger partial charge in [-0.2, -0.15) is 0 Å². The van der Waals surface area contributed by atoms with E-state index in [1.165, 1.54) is 5.70 Å². The van der Waals surface area contributed by atoms with Gasteiger partial charge in [0.2, 0.25) is 5.91 Å². The fourth-order valence-corrected chi connectivity index (χ4v) is 5.74. The number of amidine groups is 1. The second-order valence-electron chi connectivity index (χ2n) is 8.89. The van der Waals surface area contributed by atoms with E-state index in [9.17, 15) is 4.79 Å². The zero-order valence-corrected chi connectivity index (χ0v) is 20.1. The number of piperidine rings is 1. The molecule has 3 aliphatic rings. The number of amides is 1. The highest BCUT2D eigenvalue weighted by molar-refractivity contribution is 8.16. The van der Waals surface area contributed by atoms with Crippen molar-refractivity contribution in [2.75, 3.05) is 36.4 Å². The first-order valence-corrected chi connectivity index (χ1v) is 12.8. The largest absolute Gasteiger partial charge is 0.356 e. The number of nitrogens with zero attached hydrogens (tertiary/aromatic N) is 5. The smallest absolute Gasteiger partial charge is 0.227 e. The van der Waals surface area contributed by atoms with Gasteiger partial charge in [-0.1, -0.05) is 54.2 Å². The van der Waals surface area contributed by atoms with Crippen molar-refractivity contribution >= 4 is 40.0 Å². The zero-order valence-electron chi connectivity index (χ0n) is 19.3. The predicted molar refractivity (Wildman–Crippen MR) is 142 cm³/mol. The van der Waals surface area contributed by atoms with Crippen molar-refractivity contribution in [1.82, 2.24) is 14.9 Å². The van der Waals surface area contributed by atoms with Gasteiger partial charge in [-0.05, 0) is 30.5 Å². The summed E-state index contributed by atoms with van der Waals surface area (Å²) in [6.07, 6.45) is 3.23. The number of aliphatic imine (C=N–C) groups is 1. The second kappa shape index (κ2) is 9.54. The summed E-state index contributed by atoms with van der Waals surface area (Å²) >= 11 is 1.68. The number of thioether (sulfide) groups is 1. The van der Waals surface area contributed by atoms with Crippen LogP contribution in [0.25, 0.3) is 17.0 Å². The highest BCUT2D eigenvalue weighted by Gasteiger charge is 2.28. The summed E-state index contributed by atoms with van der Waals surface area (Å²) in [6.45, 7) is 3.40. The number of benzene rings is 2. The maximum Gasteiger partial charge on any atom is 0.227 e. The van der Waals surface area contributed by atoms with Gasteiger partial charge in [0.1, 0.15) is 12.1 Å². The van der Waals surface area contributed by atoms with E-state index in [0.717, 1.165) is 72.5 Å². The molecule has 0 saturated carbocycles. The number of hydrogen-bond acceptors (Lipinski definition) is 7. The third kappa shape index (κ3) is 4.53. The number of hydrogen-bond donors (Lipinski definition) is 1. The summed E-state index contributed by atoms with van der Waals surface area (Å²) in [5, 5.41) is 6.35. The third-order valence-electron chi connectivity index (χ3n) is 6.73. The van der Waals surface area contributed by atoms with Crippen LogP contribution in [0, 0.1) is 5.92 Å². The van der Waals surface area contributed by atoms with Crippen LogP contribution in [0.5, 0.6) is 0 Å². The van der Waals surface area contributed by atoms with Crippen molar-refractivity contribution < 1.29 is 4.79 Å². The molecule has 7 nitrogen and oxygen atoms in total. The van der Waals surface area contributed by atoms with Crippen LogP contribution in [0.2, 0.25) is 0 Å². The first kappa shape index (κ1) is 21.9. The topological polar surface area (TPSA) is 73.7 Å². The Morgan fingerprint density at radius 2 is 1.74 bits per heavy atom. The molecule has 35 heavy (non-hydrogen) atoms. The number of fused-ring (bicyclic) bond motifs is 1. The monoisotopic (exact) mass is 482 g/mol. The molecule has 1 N–H and O–H groups in total. The summed E-state index contributed by atoms with van der Waals surface area (Å²) in [6, 6.07) is 20.3. The highest BCUT2D eigenvalue weighted by Crippen LogP contribution is 2.35. The number of rotatable bonds is 5. The molecular weight excluding hydrogens is 456 g/mol. The number of nitrogens with one attached hydrogen (secondary N) is 1. The fraction of sp³-hybridized carbons (Fsp3) is 0.259. The molecule has 1 fully saturated rings. The Bertz CT molecular complexity index is 1280. The molecule has 8 heteroatoms. The van der Waals surface area contributed by atoms with Crippen molar-refractivity contribution in [3.63, 3.8) is 0 Å². The first-order valence-electron chi connectivity index (χ1n) is 12.0. The van der Waals surface area contributed by atoms with Gasteiger partial charge in [0.05, 0.1) is 17.9 Å². The van der Waals surface area contributed by atoms with E-state index in [1.807, 2.05) is 36.4 Å². The molecular formula is C27H26N6OS. The molecule has 4 heterocycles. The fourth-order valence-electron chi connectivity index (χ4n) is 4.77. The van der Waals surface area contributed by atoms with Crippen molar-refractivity contribution in [1.29, 1.82) is 0 Å². The summed E-state index contributed by atoms with van der Waals surface area (Å²) in [7, 11) is 0. The van der Waals surface area contributed by atoms with Gasteiger partial charge in [-0.3, -0.25) is 9.79 Å². The minimum absolute atomic E-state index is 0.00123. The molecule has 0 radical (unpaired) electrons. The Morgan fingerprint density at radius 1 is 0.943 bits per heavy atom. The SMILES string of the molecule is O=C(Nc1ccc(C2=CSC3=NCCN23)cc1)C1CCN(c2cc(-c3ccccc3)ncn2)CC1. The maximum atomic E-state index is 12.9. The van der Waals surface area contributed by atoms with E-state index in [0.29, 0.717) is 0 Å². The first-order chi connectivity index (χ1) is 17.2. The molecule has 176 valence electrons. The van der Waals surface area contributed by atoms with Crippen molar-refractivity contribution in [2.24, 2.45) is 10.9 Å². The lowest BCUT2D eigenvalue weighted by atomic mass is 9.95. The molecule has 0 unspecified atom stereocenters. The Hall–Kier alpha value is -3.65. The summed E-state index contributed by atoms with van der Waals surface area (Å²) in [5.74, 6) is 1.01. The number of anilines is 2. The van der Waals surface area contributed by atoms with E-state index in [-0.39, 0.29) is 11.8 Å². The molecule has 0 atom stereocenters. The number of carbonyl (C=O) groups is 1. The van der Waals surface area contributed by atoms with E-state index in [2.05, 4.69) is 59.8 Å². The van der Waals surface area contributed by atoms with Crippen molar-refractivity contribution in [3.8, 4) is 11.3 Å². The van der Waals surface area contributed by atoms with Crippen LogP contribution in [0.4, 0.5) is 11.5 Å². The lowest BCUT2D eigenvalue weighted by Crippen LogP contribution is -2.38. The van der Waals surface area contributed by atoms with Crippen LogP contribution in [-0.2, 0) is 4.79 Å². The van der Waals surface area contributed by atoms with E-state index >= 15 is 0 Å². The Kier molecular flexibility index (Phi) is 5.96. The summed E-state index contributed by atoms with van der Waals surface area (Å²) in [5.41, 5.74) is 5.17. The van der Waals surface area contributed by atoms with Gasteiger partial charge >= 0.3 is 0 Å². The Balaban J connectivity index is 1.05. The zero-order chi connectivity index (χ0) is 23.6. The van der Waals surface area contributed by atoms with Gasteiger partial charge < -0.3 is 15.1 Å². The standard InChI is InChI=1S/C27H26N6OS/c34-26(31-22-8-6-20(7-9-22)24-17-35-27-28-12-15-33(24)27)21-10-13-32(14-11-21)25-16-23(29-18-30-25)19-4-2-1-3-5-19/h1-9,16-18,21H,10-15H2,(H,31,34). The van der Waals surface area contributed by atoms with E-state index in [1.54, 1.807) is 18.1 Å². The normalized spacial score (nSPS) is 17.7. The Morgan fingerprint density at radius 3 is 2.54 bits per heavy atom. The molecule has 0 bridgehead atoms. The van der Waals surface area contributed by atoms with Crippen LogP contribution in [-0.4, -0.2) is 52.1 Å². The lowest BCUT2D eigenvalue weighted by Gasteiger charge is -2.32. The van der Waals surface area contributed by atoms with E-state index < -0.39 is 0 Å². The van der Waals surface area contributed by atoms with Gasteiger partial charge in [-0.25, -0.2) is 9.97 Å². The molecule has 3 aliphatic heterocycles. The van der Waals surface area contributed by atoms with Crippen LogP contribution < -0.4 is 10.2 Å². The molecule has 6 rings (SSSR count). The Labute approximate surface area is 209 Å². The average molecular weight is 483 g/mol. The van der Waals surface area contributed by atoms with Crippen molar-refractivity contribution in [3.05, 3.63) is 78.0 Å².